The van der Waals surface area contributed by atoms with E-state index in [1.165, 1.54) is 26.2 Å². The highest BCUT2D eigenvalue weighted by molar-refractivity contribution is 5.72. The van der Waals surface area contributed by atoms with Crippen LogP contribution in [0, 0.1) is 29.6 Å². The first kappa shape index (κ1) is 23.9. The van der Waals surface area contributed by atoms with Gasteiger partial charge >= 0.3 is 12.4 Å². The molecule has 4 fully saturated rings. The SMILES string of the molecule is CCOC(OC)Oc1ccc(OC(C)=O)c(C#Cc2ccccc2)c1C12CC3CC(CC(C3)C1)C2. The van der Waals surface area contributed by atoms with Crippen molar-refractivity contribution in [2.75, 3.05) is 13.7 Å². The van der Waals surface area contributed by atoms with E-state index in [0.29, 0.717) is 18.1 Å². The number of esters is 1. The number of ether oxygens (including phenoxy) is 4. The standard InChI is InChI=1S/C30H34O5/c1-4-33-29(32-3)35-27-13-12-26(34-20(2)31)25(11-10-21-8-6-5-7-9-21)28(27)30-17-22-14-23(18-30)16-24(15-22)19-30/h5-9,12-13,22-24,29H,4,14-19H2,1-3H3. The van der Waals surface area contributed by atoms with Gasteiger partial charge < -0.3 is 18.9 Å². The van der Waals surface area contributed by atoms with Gasteiger partial charge in [-0.25, -0.2) is 0 Å². The molecule has 5 heteroatoms. The maximum atomic E-state index is 12.1. The van der Waals surface area contributed by atoms with Gasteiger partial charge in [0.15, 0.2) is 0 Å². The summed E-state index contributed by atoms with van der Waals surface area (Å²) in [6, 6.07) is 13.6. The predicted molar refractivity (Wildman–Crippen MR) is 133 cm³/mol. The molecule has 184 valence electrons. The number of hydrogen-bond acceptors (Lipinski definition) is 5. The number of benzene rings is 2. The summed E-state index contributed by atoms with van der Waals surface area (Å²) >= 11 is 0. The quantitative estimate of drug-likeness (QED) is 0.219. The van der Waals surface area contributed by atoms with Gasteiger partial charge in [-0.2, -0.15) is 0 Å². The topological polar surface area (TPSA) is 54.0 Å². The highest BCUT2D eigenvalue weighted by Gasteiger charge is 2.53. The fourth-order valence-corrected chi connectivity index (χ4v) is 7.02. The van der Waals surface area contributed by atoms with Crippen molar-refractivity contribution in [2.24, 2.45) is 17.8 Å². The third-order valence-electron chi connectivity index (χ3n) is 7.78. The Morgan fingerprint density at radius 3 is 2.17 bits per heavy atom. The van der Waals surface area contributed by atoms with Gasteiger partial charge in [-0.15, -0.1) is 0 Å². The molecule has 1 atom stereocenters. The van der Waals surface area contributed by atoms with E-state index >= 15 is 0 Å². The van der Waals surface area contributed by atoms with Gasteiger partial charge in [-0.05, 0) is 87.5 Å². The maximum absolute atomic E-state index is 12.1. The summed E-state index contributed by atoms with van der Waals surface area (Å²) < 4.78 is 23.2. The summed E-state index contributed by atoms with van der Waals surface area (Å²) in [5.41, 5.74) is 2.66. The third kappa shape index (κ3) is 4.96. The van der Waals surface area contributed by atoms with E-state index < -0.39 is 6.48 Å². The molecule has 4 bridgehead atoms. The molecule has 0 amide bonds. The molecule has 5 nitrogen and oxygen atoms in total. The molecular formula is C30H34O5. The van der Waals surface area contributed by atoms with E-state index in [1.54, 1.807) is 13.2 Å². The lowest BCUT2D eigenvalue weighted by atomic mass is 9.47. The first-order valence-electron chi connectivity index (χ1n) is 12.7. The second kappa shape index (κ2) is 10.0. The molecule has 0 aliphatic heterocycles. The average Bonchev–Trinajstić information content (AvgIpc) is 2.83. The van der Waals surface area contributed by atoms with E-state index in [0.717, 1.165) is 53.7 Å². The van der Waals surface area contributed by atoms with Crippen LogP contribution < -0.4 is 9.47 Å². The van der Waals surface area contributed by atoms with E-state index in [1.807, 2.05) is 43.3 Å². The van der Waals surface area contributed by atoms with Gasteiger partial charge in [-0.1, -0.05) is 30.0 Å². The van der Waals surface area contributed by atoms with Crippen molar-refractivity contribution in [3.63, 3.8) is 0 Å². The maximum Gasteiger partial charge on any atom is 0.315 e. The molecule has 0 N–H and O–H groups in total. The van der Waals surface area contributed by atoms with Gasteiger partial charge in [-0.3, -0.25) is 4.79 Å². The fourth-order valence-electron chi connectivity index (χ4n) is 7.02. The highest BCUT2D eigenvalue weighted by Crippen LogP contribution is 2.63. The molecular weight excluding hydrogens is 440 g/mol. The van der Waals surface area contributed by atoms with Crippen LogP contribution in [-0.2, 0) is 19.7 Å². The van der Waals surface area contributed by atoms with E-state index in [9.17, 15) is 4.79 Å². The Hall–Kier alpha value is -2.81. The molecule has 6 rings (SSSR count). The molecule has 0 aromatic heterocycles. The first-order chi connectivity index (χ1) is 17.0. The van der Waals surface area contributed by atoms with Gasteiger partial charge in [0, 0.05) is 30.6 Å². The van der Waals surface area contributed by atoms with Crippen LogP contribution in [-0.4, -0.2) is 26.2 Å². The number of carbonyl (C=O) groups excluding carboxylic acids is 1. The normalized spacial score (nSPS) is 27.1. The van der Waals surface area contributed by atoms with Crippen molar-refractivity contribution < 1.29 is 23.7 Å². The minimum Gasteiger partial charge on any atom is -0.441 e. The van der Waals surface area contributed by atoms with Crippen molar-refractivity contribution in [1.82, 2.24) is 0 Å². The van der Waals surface area contributed by atoms with Crippen LogP contribution in [0.25, 0.3) is 0 Å². The molecule has 4 aliphatic carbocycles. The molecule has 0 radical (unpaired) electrons. The molecule has 35 heavy (non-hydrogen) atoms. The molecule has 0 spiro atoms. The first-order valence-corrected chi connectivity index (χ1v) is 12.7. The molecule has 2 aromatic rings. The van der Waals surface area contributed by atoms with E-state index in [4.69, 9.17) is 18.9 Å². The van der Waals surface area contributed by atoms with Crippen LogP contribution in [0.4, 0.5) is 0 Å². The Kier molecular flexibility index (Phi) is 6.86. The zero-order chi connectivity index (χ0) is 24.4. The van der Waals surface area contributed by atoms with Crippen molar-refractivity contribution in [1.29, 1.82) is 0 Å². The molecule has 1 unspecified atom stereocenters. The average molecular weight is 475 g/mol. The van der Waals surface area contributed by atoms with Gasteiger partial charge in [0.05, 0.1) is 12.2 Å². The minimum atomic E-state index is -0.817. The smallest absolute Gasteiger partial charge is 0.315 e. The summed E-state index contributed by atoms with van der Waals surface area (Å²) in [4.78, 5) is 12.1. The summed E-state index contributed by atoms with van der Waals surface area (Å²) in [7, 11) is 1.58. The number of methoxy groups -OCH3 is 1. The second-order valence-electron chi connectivity index (χ2n) is 10.3. The van der Waals surface area contributed by atoms with Crippen LogP contribution in [0.1, 0.15) is 69.1 Å². The lowest BCUT2D eigenvalue weighted by Gasteiger charge is -2.57. The van der Waals surface area contributed by atoms with E-state index in [-0.39, 0.29) is 11.4 Å². The Morgan fingerprint density at radius 2 is 1.60 bits per heavy atom. The zero-order valence-corrected chi connectivity index (χ0v) is 20.8. The Morgan fingerprint density at radius 1 is 0.971 bits per heavy atom. The largest absolute Gasteiger partial charge is 0.441 e. The minimum absolute atomic E-state index is 0.0501. The molecule has 2 aromatic carbocycles. The van der Waals surface area contributed by atoms with Crippen molar-refractivity contribution in [3.05, 3.63) is 59.2 Å². The lowest BCUT2D eigenvalue weighted by Crippen LogP contribution is -2.49. The second-order valence-corrected chi connectivity index (χ2v) is 10.3. The fraction of sp³-hybridized carbons (Fsp3) is 0.500. The Bertz CT molecular complexity index is 1090. The summed E-state index contributed by atoms with van der Waals surface area (Å²) in [5, 5.41) is 0. The van der Waals surface area contributed by atoms with Gasteiger partial charge in [0.25, 0.3) is 0 Å². The number of carbonyl (C=O) groups is 1. The summed E-state index contributed by atoms with van der Waals surface area (Å²) in [6.45, 7) is 2.99. The van der Waals surface area contributed by atoms with Crippen LogP contribution in [0.3, 0.4) is 0 Å². The lowest BCUT2D eigenvalue weighted by molar-refractivity contribution is -0.231. The van der Waals surface area contributed by atoms with Crippen LogP contribution >= 0.6 is 0 Å². The van der Waals surface area contributed by atoms with Crippen LogP contribution in [0.5, 0.6) is 11.5 Å². The van der Waals surface area contributed by atoms with Gasteiger partial charge in [0.1, 0.15) is 11.5 Å². The van der Waals surface area contributed by atoms with Crippen molar-refractivity contribution >= 4 is 5.97 Å². The van der Waals surface area contributed by atoms with Gasteiger partial charge in [0.2, 0.25) is 0 Å². The molecule has 4 aliphatic rings. The highest BCUT2D eigenvalue weighted by atomic mass is 16.8. The summed E-state index contributed by atoms with van der Waals surface area (Å²) in [6.07, 6.45) is 7.32. The zero-order valence-electron chi connectivity index (χ0n) is 20.8. The van der Waals surface area contributed by atoms with Crippen LogP contribution in [0.15, 0.2) is 42.5 Å². The van der Waals surface area contributed by atoms with Crippen LogP contribution in [0.2, 0.25) is 0 Å². The van der Waals surface area contributed by atoms with Crippen molar-refractivity contribution in [2.45, 2.75) is 64.3 Å². The molecule has 0 heterocycles. The Balaban J connectivity index is 1.68. The summed E-state index contributed by atoms with van der Waals surface area (Å²) in [5.74, 6) is 9.74. The Labute approximate surface area is 208 Å². The molecule has 4 saturated carbocycles. The molecule has 0 saturated heterocycles. The number of rotatable bonds is 7. The van der Waals surface area contributed by atoms with Crippen molar-refractivity contribution in [3.8, 4) is 23.3 Å². The van der Waals surface area contributed by atoms with E-state index in [2.05, 4.69) is 11.8 Å². The predicted octanol–water partition coefficient (Wildman–Crippen LogP) is 5.82. The third-order valence-corrected chi connectivity index (χ3v) is 7.78. The number of hydrogen-bond donors (Lipinski definition) is 0. The monoisotopic (exact) mass is 474 g/mol.